The van der Waals surface area contributed by atoms with E-state index in [9.17, 15) is 0 Å². The lowest BCUT2D eigenvalue weighted by Gasteiger charge is -2.33. The molecule has 0 bridgehead atoms. The Hall–Kier alpha value is -2.19. The van der Waals surface area contributed by atoms with E-state index >= 15 is 0 Å². The van der Waals surface area contributed by atoms with Gasteiger partial charge in [-0.3, -0.25) is 10.00 Å². The lowest BCUT2D eigenvalue weighted by molar-refractivity contribution is 0.0340. The molecule has 2 saturated heterocycles. The predicted molar refractivity (Wildman–Crippen MR) is 97.5 cm³/mol. The molecule has 2 aromatic rings. The van der Waals surface area contributed by atoms with E-state index in [2.05, 4.69) is 30.0 Å². The summed E-state index contributed by atoms with van der Waals surface area (Å²) in [6.45, 7) is 6.40. The van der Waals surface area contributed by atoms with Crippen molar-refractivity contribution in [3.63, 3.8) is 0 Å². The van der Waals surface area contributed by atoms with Crippen molar-refractivity contribution in [3.05, 3.63) is 29.7 Å². The van der Waals surface area contributed by atoms with Crippen LogP contribution in [0.25, 0.3) is 0 Å². The number of aromatic nitrogens is 4. The van der Waals surface area contributed by atoms with Gasteiger partial charge in [0.25, 0.3) is 0 Å². The zero-order valence-corrected chi connectivity index (χ0v) is 15.2. The number of ether oxygens (including phenoxy) is 2. The molecule has 0 aliphatic carbocycles. The number of hydrogen-bond donors (Lipinski definition) is 1. The zero-order chi connectivity index (χ0) is 17.8. The van der Waals surface area contributed by atoms with Gasteiger partial charge in [0.15, 0.2) is 0 Å². The number of aromatic amines is 1. The van der Waals surface area contributed by atoms with Gasteiger partial charge >= 0.3 is 0 Å². The third-order valence-electron chi connectivity index (χ3n) is 5.19. The molecular formula is C18H26N6O2. The van der Waals surface area contributed by atoms with Gasteiger partial charge < -0.3 is 14.4 Å². The SMILES string of the molecule is COc1ccnc(N2CCCC(c3[nH]ncc3CN3CCOCC3)C2)n1. The summed E-state index contributed by atoms with van der Waals surface area (Å²) < 4.78 is 10.7. The number of anilines is 1. The average Bonchev–Trinajstić information content (AvgIpc) is 3.17. The van der Waals surface area contributed by atoms with Gasteiger partial charge in [-0.15, -0.1) is 0 Å². The topological polar surface area (TPSA) is 79.4 Å². The monoisotopic (exact) mass is 358 g/mol. The molecule has 0 radical (unpaired) electrons. The fraction of sp³-hybridized carbons (Fsp3) is 0.611. The van der Waals surface area contributed by atoms with Crippen molar-refractivity contribution < 1.29 is 9.47 Å². The number of morpholine rings is 1. The van der Waals surface area contributed by atoms with Crippen molar-refractivity contribution in [1.29, 1.82) is 0 Å². The highest BCUT2D eigenvalue weighted by atomic mass is 16.5. The number of H-pyrrole nitrogens is 1. The van der Waals surface area contributed by atoms with Crippen molar-refractivity contribution in [2.45, 2.75) is 25.3 Å². The molecule has 0 saturated carbocycles. The molecule has 140 valence electrons. The summed E-state index contributed by atoms with van der Waals surface area (Å²) in [6.07, 6.45) is 6.00. The second-order valence-electron chi connectivity index (χ2n) is 6.88. The second-order valence-corrected chi connectivity index (χ2v) is 6.88. The third kappa shape index (κ3) is 3.81. The molecule has 2 aromatic heterocycles. The highest BCUT2D eigenvalue weighted by molar-refractivity contribution is 5.35. The quantitative estimate of drug-likeness (QED) is 0.866. The Morgan fingerprint density at radius 2 is 2.19 bits per heavy atom. The molecule has 26 heavy (non-hydrogen) atoms. The molecule has 1 unspecified atom stereocenters. The van der Waals surface area contributed by atoms with Gasteiger partial charge in [0.05, 0.1) is 26.5 Å². The maximum atomic E-state index is 5.45. The maximum absolute atomic E-state index is 5.45. The molecular weight excluding hydrogens is 332 g/mol. The first-order chi connectivity index (χ1) is 12.8. The fourth-order valence-corrected chi connectivity index (χ4v) is 3.79. The van der Waals surface area contributed by atoms with E-state index in [1.807, 2.05) is 6.20 Å². The van der Waals surface area contributed by atoms with Crippen LogP contribution < -0.4 is 9.64 Å². The normalized spacial score (nSPS) is 21.7. The van der Waals surface area contributed by atoms with Crippen LogP contribution in [-0.2, 0) is 11.3 Å². The van der Waals surface area contributed by atoms with Crippen LogP contribution in [0.3, 0.4) is 0 Å². The van der Waals surface area contributed by atoms with E-state index in [1.54, 1.807) is 19.4 Å². The van der Waals surface area contributed by atoms with E-state index < -0.39 is 0 Å². The molecule has 1 atom stereocenters. The summed E-state index contributed by atoms with van der Waals surface area (Å²) in [7, 11) is 1.63. The van der Waals surface area contributed by atoms with E-state index in [0.29, 0.717) is 11.8 Å². The number of rotatable bonds is 5. The molecule has 4 rings (SSSR count). The molecule has 2 aliphatic heterocycles. The van der Waals surface area contributed by atoms with Crippen LogP contribution in [0.15, 0.2) is 18.5 Å². The smallest absolute Gasteiger partial charge is 0.228 e. The van der Waals surface area contributed by atoms with Gasteiger partial charge in [0, 0.05) is 62.2 Å². The van der Waals surface area contributed by atoms with Crippen LogP contribution in [-0.4, -0.2) is 71.6 Å². The van der Waals surface area contributed by atoms with Crippen molar-refractivity contribution in [2.75, 3.05) is 51.4 Å². The van der Waals surface area contributed by atoms with Crippen LogP contribution in [0.1, 0.15) is 30.0 Å². The van der Waals surface area contributed by atoms with E-state index in [4.69, 9.17) is 9.47 Å². The highest BCUT2D eigenvalue weighted by Crippen LogP contribution is 2.30. The van der Waals surface area contributed by atoms with Crippen molar-refractivity contribution in [3.8, 4) is 5.88 Å². The summed E-state index contributed by atoms with van der Waals surface area (Å²) in [5.74, 6) is 1.76. The number of nitrogens with zero attached hydrogens (tertiary/aromatic N) is 5. The Morgan fingerprint density at radius 3 is 3.04 bits per heavy atom. The second kappa shape index (κ2) is 8.01. The Morgan fingerprint density at radius 1 is 1.31 bits per heavy atom. The molecule has 8 nitrogen and oxygen atoms in total. The molecule has 1 N–H and O–H groups in total. The molecule has 8 heteroatoms. The van der Waals surface area contributed by atoms with E-state index in [-0.39, 0.29) is 0 Å². The van der Waals surface area contributed by atoms with Crippen LogP contribution in [0, 0.1) is 0 Å². The minimum Gasteiger partial charge on any atom is -0.481 e. The van der Waals surface area contributed by atoms with Crippen molar-refractivity contribution in [1.82, 2.24) is 25.1 Å². The molecule has 4 heterocycles. The summed E-state index contributed by atoms with van der Waals surface area (Å²) >= 11 is 0. The van der Waals surface area contributed by atoms with E-state index in [0.717, 1.165) is 64.7 Å². The van der Waals surface area contributed by atoms with Gasteiger partial charge in [-0.2, -0.15) is 10.1 Å². The van der Waals surface area contributed by atoms with Crippen LogP contribution in [0.5, 0.6) is 5.88 Å². The predicted octanol–water partition coefficient (Wildman–Crippen LogP) is 1.42. The number of piperidine rings is 1. The number of methoxy groups -OCH3 is 1. The Kier molecular flexibility index (Phi) is 5.31. The Labute approximate surface area is 153 Å². The Balaban J connectivity index is 1.47. The minimum atomic E-state index is 0.414. The molecule has 0 amide bonds. The molecule has 2 fully saturated rings. The van der Waals surface area contributed by atoms with Crippen LogP contribution >= 0.6 is 0 Å². The standard InChI is InChI=1S/C18H26N6O2/c1-25-16-4-5-19-18(21-16)24-6-2-3-14(13-24)17-15(11-20-22-17)12-23-7-9-26-10-8-23/h4-5,11,14H,2-3,6-10,12-13H2,1H3,(H,20,22). The first-order valence-electron chi connectivity index (χ1n) is 9.27. The lowest BCUT2D eigenvalue weighted by atomic mass is 9.92. The van der Waals surface area contributed by atoms with E-state index in [1.165, 1.54) is 11.3 Å². The third-order valence-corrected chi connectivity index (χ3v) is 5.19. The lowest BCUT2D eigenvalue weighted by Crippen LogP contribution is -2.37. The minimum absolute atomic E-state index is 0.414. The van der Waals surface area contributed by atoms with Gasteiger partial charge in [0.2, 0.25) is 11.8 Å². The number of nitrogens with one attached hydrogen (secondary N) is 1. The average molecular weight is 358 g/mol. The van der Waals surface area contributed by atoms with Gasteiger partial charge in [-0.25, -0.2) is 4.98 Å². The maximum Gasteiger partial charge on any atom is 0.228 e. The number of hydrogen-bond acceptors (Lipinski definition) is 7. The first-order valence-corrected chi connectivity index (χ1v) is 9.27. The van der Waals surface area contributed by atoms with Crippen LogP contribution in [0.2, 0.25) is 0 Å². The summed E-state index contributed by atoms with van der Waals surface area (Å²) in [6, 6.07) is 1.78. The summed E-state index contributed by atoms with van der Waals surface area (Å²) in [4.78, 5) is 13.6. The van der Waals surface area contributed by atoms with Gasteiger partial charge in [-0.05, 0) is 12.8 Å². The molecule has 2 aliphatic rings. The summed E-state index contributed by atoms with van der Waals surface area (Å²) in [5.41, 5.74) is 2.55. The highest BCUT2D eigenvalue weighted by Gasteiger charge is 2.27. The van der Waals surface area contributed by atoms with Crippen molar-refractivity contribution in [2.24, 2.45) is 0 Å². The van der Waals surface area contributed by atoms with Gasteiger partial charge in [-0.1, -0.05) is 0 Å². The first kappa shape index (κ1) is 17.2. The fourth-order valence-electron chi connectivity index (χ4n) is 3.79. The van der Waals surface area contributed by atoms with Gasteiger partial charge in [0.1, 0.15) is 0 Å². The molecule has 0 aromatic carbocycles. The molecule has 0 spiro atoms. The zero-order valence-electron chi connectivity index (χ0n) is 15.2. The summed E-state index contributed by atoms with van der Waals surface area (Å²) in [5, 5.41) is 7.59. The van der Waals surface area contributed by atoms with Crippen molar-refractivity contribution >= 4 is 5.95 Å². The largest absolute Gasteiger partial charge is 0.481 e. The Bertz CT molecular complexity index is 715. The van der Waals surface area contributed by atoms with Crippen LogP contribution in [0.4, 0.5) is 5.95 Å².